The van der Waals surface area contributed by atoms with Gasteiger partial charge in [-0.25, -0.2) is 0 Å². The first-order valence-electron chi connectivity index (χ1n) is 17.3. The number of para-hydroxylation sites is 1. The zero-order chi connectivity index (χ0) is 31.7. The topological polar surface area (TPSA) is 14.2 Å². The third-order valence-corrected chi connectivity index (χ3v) is 11.9. The zero-order valence-corrected chi connectivity index (χ0v) is 27.6. The van der Waals surface area contributed by atoms with Gasteiger partial charge in [0.05, 0.1) is 11.0 Å². The Bertz CT molecular complexity index is 2420. The Morgan fingerprint density at radius 3 is 2.45 bits per heavy atom. The molecule has 2 heterocycles. The average Bonchev–Trinajstić information content (AvgIpc) is 3.67. The molecule has 0 N–H and O–H groups in total. The van der Waals surface area contributed by atoms with Crippen LogP contribution in [0.3, 0.4) is 0 Å². The van der Waals surface area contributed by atoms with Gasteiger partial charge < -0.3 is 9.30 Å². The van der Waals surface area contributed by atoms with Crippen molar-refractivity contribution in [3.8, 4) is 11.1 Å². The van der Waals surface area contributed by atoms with Gasteiger partial charge in [0.2, 0.25) is 0 Å². The largest absolute Gasteiger partial charge is 0.482 e. The molecule has 0 saturated heterocycles. The molecular formula is C45H39NO. The Hall–Kier alpha value is -4.82. The van der Waals surface area contributed by atoms with E-state index in [2.05, 4.69) is 148 Å². The lowest BCUT2D eigenvalue weighted by atomic mass is 9.71. The Morgan fingerprint density at radius 1 is 0.745 bits per heavy atom. The van der Waals surface area contributed by atoms with Gasteiger partial charge in [0.1, 0.15) is 11.4 Å². The Morgan fingerprint density at radius 2 is 1.57 bits per heavy atom. The summed E-state index contributed by atoms with van der Waals surface area (Å²) in [6, 6.07) is 27.5. The number of aromatic nitrogens is 1. The third-order valence-electron chi connectivity index (χ3n) is 11.9. The maximum Gasteiger partial charge on any atom is 0.141 e. The highest BCUT2D eigenvalue weighted by atomic mass is 16.5. The summed E-state index contributed by atoms with van der Waals surface area (Å²) in [4.78, 5) is 0. The van der Waals surface area contributed by atoms with E-state index < -0.39 is 0 Å². The number of hydrogen-bond donors (Lipinski definition) is 0. The molecule has 2 heteroatoms. The fourth-order valence-electron chi connectivity index (χ4n) is 9.77. The molecule has 3 unspecified atom stereocenters. The first kappa shape index (κ1) is 27.3. The van der Waals surface area contributed by atoms with Crippen molar-refractivity contribution >= 4 is 38.3 Å². The van der Waals surface area contributed by atoms with Gasteiger partial charge in [0, 0.05) is 27.8 Å². The lowest BCUT2D eigenvalue weighted by molar-refractivity contribution is 0.0632. The lowest BCUT2D eigenvalue weighted by Gasteiger charge is -2.37. The molecule has 0 amide bonds. The molecule has 10 rings (SSSR count). The number of hydrogen-bond acceptors (Lipinski definition) is 1. The molecule has 2 nitrogen and oxygen atoms in total. The normalized spacial score (nSPS) is 25.3. The van der Waals surface area contributed by atoms with Crippen LogP contribution in [0.4, 0.5) is 0 Å². The molecular weight excluding hydrogens is 571 g/mol. The second-order valence-electron chi connectivity index (χ2n) is 15.0. The minimum Gasteiger partial charge on any atom is -0.482 e. The van der Waals surface area contributed by atoms with Crippen LogP contribution in [0.25, 0.3) is 49.4 Å². The van der Waals surface area contributed by atoms with Crippen molar-refractivity contribution < 1.29 is 4.74 Å². The van der Waals surface area contributed by atoms with Crippen LogP contribution >= 0.6 is 0 Å². The number of benzene rings is 4. The van der Waals surface area contributed by atoms with E-state index in [1.807, 2.05) is 0 Å². The number of rotatable bonds is 2. The summed E-state index contributed by atoms with van der Waals surface area (Å²) in [5.74, 6) is 1.96. The lowest BCUT2D eigenvalue weighted by Crippen LogP contribution is -2.37. The van der Waals surface area contributed by atoms with Crippen LogP contribution in [0.15, 0.2) is 138 Å². The van der Waals surface area contributed by atoms with Gasteiger partial charge in [-0.05, 0) is 106 Å². The first-order chi connectivity index (χ1) is 22.8. The van der Waals surface area contributed by atoms with Crippen LogP contribution in [-0.4, -0.2) is 10.2 Å². The monoisotopic (exact) mass is 609 g/mol. The quantitative estimate of drug-likeness (QED) is 0.194. The van der Waals surface area contributed by atoms with E-state index in [1.54, 1.807) is 0 Å². The summed E-state index contributed by atoms with van der Waals surface area (Å²) in [7, 11) is 0. The van der Waals surface area contributed by atoms with Crippen LogP contribution < -0.4 is 0 Å². The van der Waals surface area contributed by atoms with Crippen molar-refractivity contribution in [1.82, 2.24) is 4.57 Å². The van der Waals surface area contributed by atoms with Crippen LogP contribution in [-0.2, 0) is 10.2 Å². The summed E-state index contributed by atoms with van der Waals surface area (Å²) in [6.45, 7) is 9.39. The molecule has 0 fully saturated rings. The van der Waals surface area contributed by atoms with Crippen LogP contribution in [0.5, 0.6) is 0 Å². The molecule has 0 radical (unpaired) electrons. The highest BCUT2D eigenvalue weighted by Gasteiger charge is 2.49. The third kappa shape index (κ3) is 3.56. The van der Waals surface area contributed by atoms with E-state index in [9.17, 15) is 0 Å². The van der Waals surface area contributed by atoms with Crippen molar-refractivity contribution in [2.75, 3.05) is 0 Å². The highest BCUT2D eigenvalue weighted by molar-refractivity contribution is 6.23. The van der Waals surface area contributed by atoms with Gasteiger partial charge in [-0.15, -0.1) is 0 Å². The minimum absolute atomic E-state index is 0.0461. The Labute approximate surface area is 276 Å². The average molecular weight is 610 g/mol. The number of fused-ring (bicyclic) bond motifs is 11. The van der Waals surface area contributed by atoms with Gasteiger partial charge in [-0.2, -0.15) is 0 Å². The molecule has 1 aliphatic heterocycles. The van der Waals surface area contributed by atoms with Crippen LogP contribution in [0, 0.1) is 11.8 Å². The van der Waals surface area contributed by atoms with Crippen molar-refractivity contribution in [2.24, 2.45) is 11.8 Å². The molecule has 47 heavy (non-hydrogen) atoms. The maximum atomic E-state index is 6.80. The number of nitrogens with zero attached hydrogens (tertiary/aromatic N) is 1. The summed E-state index contributed by atoms with van der Waals surface area (Å²) < 4.78 is 9.33. The maximum absolute atomic E-state index is 6.80. The number of allylic oxidation sites excluding steroid dienone is 7. The molecule has 3 atom stereocenters. The minimum atomic E-state index is -0.343. The molecule has 4 aliphatic carbocycles. The van der Waals surface area contributed by atoms with Gasteiger partial charge in [-0.3, -0.25) is 0 Å². The summed E-state index contributed by atoms with van der Waals surface area (Å²) in [6.07, 6.45) is 19.2. The fourth-order valence-corrected chi connectivity index (χ4v) is 9.77. The van der Waals surface area contributed by atoms with Gasteiger partial charge in [-0.1, -0.05) is 112 Å². The van der Waals surface area contributed by atoms with E-state index >= 15 is 0 Å². The van der Waals surface area contributed by atoms with Crippen LogP contribution in [0.1, 0.15) is 58.1 Å². The summed E-state index contributed by atoms with van der Waals surface area (Å²) >= 11 is 0. The molecule has 230 valence electrons. The second-order valence-corrected chi connectivity index (χ2v) is 15.0. The van der Waals surface area contributed by atoms with Gasteiger partial charge >= 0.3 is 0 Å². The molecule has 5 aliphatic rings. The summed E-state index contributed by atoms with van der Waals surface area (Å²) in [5.41, 5.74) is 13.4. The SMILES string of the molecule is CC1C=CC2=C(C1)C1C=CC=C(C3=CC=C(n4c5ccccc5c5c6ccc7c(c6ccc54)C(C)(C)c4ccccc4-7)CC3)C1(C)O2. The second kappa shape index (κ2) is 9.38. The standard InChI is InChI=1S/C45H39NO/c1-27-16-25-41-35(26-27)38-14-9-13-36(45(38,4)47-41)28-17-19-29(20-18-28)46-39-15-8-6-11-34(39)42-31-21-22-32-30-10-5-7-12-37(30)44(2,3)43(32)33(31)23-24-40(42)46/h5-17,19,21-25,27,38H,18,20,26H2,1-4H3. The molecule has 1 aromatic heterocycles. The van der Waals surface area contributed by atoms with Gasteiger partial charge in [0.25, 0.3) is 0 Å². The smallest absolute Gasteiger partial charge is 0.141 e. The van der Waals surface area contributed by atoms with Crippen molar-refractivity contribution in [3.63, 3.8) is 0 Å². The Kier molecular flexibility index (Phi) is 5.45. The predicted octanol–water partition coefficient (Wildman–Crippen LogP) is 11.6. The Balaban J connectivity index is 1.10. The summed E-state index contributed by atoms with van der Waals surface area (Å²) in [5, 5.41) is 5.40. The van der Waals surface area contributed by atoms with E-state index in [1.165, 1.54) is 77.2 Å². The fraction of sp³-hybridized carbons (Fsp3) is 0.244. The highest BCUT2D eigenvalue weighted by Crippen LogP contribution is 2.54. The number of ether oxygens (including phenoxy) is 1. The van der Waals surface area contributed by atoms with E-state index in [-0.39, 0.29) is 11.0 Å². The van der Waals surface area contributed by atoms with E-state index in [0.29, 0.717) is 11.8 Å². The van der Waals surface area contributed by atoms with Crippen molar-refractivity contribution in [1.29, 1.82) is 0 Å². The molecule has 0 spiro atoms. The molecule has 5 aromatic rings. The van der Waals surface area contributed by atoms with Gasteiger partial charge in [0.15, 0.2) is 0 Å². The molecule has 4 aromatic carbocycles. The van der Waals surface area contributed by atoms with Crippen molar-refractivity contribution in [2.45, 2.75) is 58.0 Å². The van der Waals surface area contributed by atoms with E-state index in [4.69, 9.17) is 4.74 Å². The van der Waals surface area contributed by atoms with E-state index in [0.717, 1.165) is 25.0 Å². The molecule has 0 bridgehead atoms. The zero-order valence-electron chi connectivity index (χ0n) is 27.6. The van der Waals surface area contributed by atoms with Crippen LogP contribution in [0.2, 0.25) is 0 Å². The van der Waals surface area contributed by atoms with Crippen molar-refractivity contribution in [3.05, 3.63) is 149 Å². The first-order valence-corrected chi connectivity index (χ1v) is 17.3. The predicted molar refractivity (Wildman–Crippen MR) is 196 cm³/mol. The molecule has 0 saturated carbocycles.